The number of ether oxygens (including phenoxy) is 5. The minimum Gasteiger partial charge on any atom is -0.445 e. The van der Waals surface area contributed by atoms with Crippen LogP contribution in [0.25, 0.3) is 0 Å². The number of carbonyl (C=O) groups is 3. The van der Waals surface area contributed by atoms with Gasteiger partial charge >= 0.3 is 6.09 Å². The van der Waals surface area contributed by atoms with Crippen LogP contribution in [0.1, 0.15) is 11.1 Å². The van der Waals surface area contributed by atoms with Gasteiger partial charge in [0.2, 0.25) is 5.78 Å². The first-order valence-electron chi connectivity index (χ1n) is 12.4. The lowest BCUT2D eigenvalue weighted by Gasteiger charge is -2.31. The molecule has 1 fully saturated rings. The molecule has 10 heteroatoms. The fourth-order valence-electron chi connectivity index (χ4n) is 4.82. The van der Waals surface area contributed by atoms with Gasteiger partial charge in [0.25, 0.3) is 5.91 Å². The number of alkyl carbamates (subject to hydrolysis) is 1. The van der Waals surface area contributed by atoms with Gasteiger partial charge < -0.3 is 33.9 Å². The van der Waals surface area contributed by atoms with Crippen molar-refractivity contribution in [1.29, 1.82) is 0 Å². The summed E-state index contributed by atoms with van der Waals surface area (Å²) in [6, 6.07) is 15.9. The molecule has 1 saturated heterocycles. The fourth-order valence-corrected chi connectivity index (χ4v) is 4.82. The number of Topliss-reactive ketones (excluding diaryl/α,β-unsaturated/α-hetero) is 1. The minimum atomic E-state index is -1.16. The van der Waals surface area contributed by atoms with Crippen molar-refractivity contribution in [2.45, 2.75) is 43.4 Å². The average molecular weight is 529 g/mol. The molecule has 0 saturated carbocycles. The van der Waals surface area contributed by atoms with Crippen LogP contribution < -0.4 is 5.32 Å². The molecule has 1 unspecified atom stereocenters. The molecule has 5 atom stereocenters. The number of rotatable bonds is 13. The van der Waals surface area contributed by atoms with E-state index in [0.717, 1.165) is 11.1 Å². The molecule has 1 aliphatic heterocycles. The van der Waals surface area contributed by atoms with Gasteiger partial charge in [-0.2, -0.15) is 0 Å². The lowest BCUT2D eigenvalue weighted by Crippen LogP contribution is -2.55. The Labute approximate surface area is 223 Å². The lowest BCUT2D eigenvalue weighted by molar-refractivity contribution is -0.150. The molecule has 38 heavy (non-hydrogen) atoms. The Morgan fingerprint density at radius 2 is 1.29 bits per heavy atom. The Kier molecular flexibility index (Phi) is 11.2. The van der Waals surface area contributed by atoms with Crippen molar-refractivity contribution >= 4 is 17.8 Å². The van der Waals surface area contributed by atoms with E-state index >= 15 is 0 Å². The molecule has 0 radical (unpaired) electrons. The van der Waals surface area contributed by atoms with E-state index < -0.39 is 48.1 Å². The van der Waals surface area contributed by atoms with Gasteiger partial charge in [0.1, 0.15) is 24.9 Å². The van der Waals surface area contributed by atoms with E-state index in [-0.39, 0.29) is 26.2 Å². The summed E-state index contributed by atoms with van der Waals surface area (Å²) in [5, 5.41) is 2.60. The third kappa shape index (κ3) is 7.16. The first-order chi connectivity index (χ1) is 18.4. The second-order valence-electron chi connectivity index (χ2n) is 8.97. The van der Waals surface area contributed by atoms with Crippen LogP contribution in [0.4, 0.5) is 4.79 Å². The van der Waals surface area contributed by atoms with Crippen LogP contribution in [0.15, 0.2) is 60.7 Å². The number of nitrogens with zero attached hydrogens (tertiary/aromatic N) is 1. The largest absolute Gasteiger partial charge is 0.445 e. The van der Waals surface area contributed by atoms with Gasteiger partial charge in [0, 0.05) is 34.9 Å². The van der Waals surface area contributed by atoms with Crippen LogP contribution in [0.5, 0.6) is 0 Å². The molecule has 2 aromatic carbocycles. The lowest BCUT2D eigenvalue weighted by atomic mass is 10.0. The number of hydrogen-bond acceptors (Lipinski definition) is 8. The first kappa shape index (κ1) is 29.2. The monoisotopic (exact) mass is 528 g/mol. The predicted molar refractivity (Wildman–Crippen MR) is 138 cm³/mol. The number of nitrogens with one attached hydrogen (secondary N) is 1. The maximum absolute atomic E-state index is 13.8. The summed E-state index contributed by atoms with van der Waals surface area (Å²) in [5.41, 5.74) is 1.57. The number of amides is 2. The SMILES string of the molecule is COC[C@@H]1[C@@H](OC)[C@H](OC)[C@H](COC)N1C(=O)C(=O)C(Cc1ccccc1)NC(=O)OCc1ccccc1. The third-order valence-corrected chi connectivity index (χ3v) is 6.57. The Bertz CT molecular complexity index is 1020. The normalized spacial score (nSPS) is 21.6. The minimum absolute atomic E-state index is 0.0237. The highest BCUT2D eigenvalue weighted by molar-refractivity contribution is 6.38. The zero-order valence-electron chi connectivity index (χ0n) is 22.2. The molecule has 0 bridgehead atoms. The van der Waals surface area contributed by atoms with Crippen molar-refractivity contribution in [3.63, 3.8) is 0 Å². The van der Waals surface area contributed by atoms with Gasteiger partial charge in [-0.25, -0.2) is 4.79 Å². The summed E-state index contributed by atoms with van der Waals surface area (Å²) in [4.78, 5) is 41.6. The van der Waals surface area contributed by atoms with E-state index in [1.807, 2.05) is 60.7 Å². The van der Waals surface area contributed by atoms with Gasteiger partial charge in [0.05, 0.1) is 25.3 Å². The summed E-state index contributed by atoms with van der Waals surface area (Å²) < 4.78 is 27.4. The Hall–Kier alpha value is -3.31. The van der Waals surface area contributed by atoms with Gasteiger partial charge in [-0.05, 0) is 11.1 Å². The predicted octanol–water partition coefficient (Wildman–Crippen LogP) is 2.00. The molecule has 1 N–H and O–H groups in total. The number of methoxy groups -OCH3 is 4. The topological polar surface area (TPSA) is 113 Å². The number of benzene rings is 2. The van der Waals surface area contributed by atoms with Crippen molar-refractivity contribution in [2.75, 3.05) is 41.7 Å². The molecule has 1 aliphatic rings. The summed E-state index contributed by atoms with van der Waals surface area (Å²) >= 11 is 0. The number of ketones is 1. The van der Waals surface area contributed by atoms with Crippen LogP contribution >= 0.6 is 0 Å². The molecule has 2 aromatic rings. The highest BCUT2D eigenvalue weighted by atomic mass is 16.6. The van der Waals surface area contributed by atoms with Gasteiger partial charge in [-0.3, -0.25) is 9.59 Å². The van der Waals surface area contributed by atoms with Crippen LogP contribution in [0.3, 0.4) is 0 Å². The maximum Gasteiger partial charge on any atom is 0.408 e. The van der Waals surface area contributed by atoms with Crippen molar-refractivity contribution < 1.29 is 38.1 Å². The van der Waals surface area contributed by atoms with E-state index in [4.69, 9.17) is 23.7 Å². The molecular weight excluding hydrogens is 492 g/mol. The molecular formula is C28H36N2O8. The Morgan fingerprint density at radius 3 is 1.76 bits per heavy atom. The van der Waals surface area contributed by atoms with Crippen LogP contribution in [-0.2, 0) is 46.3 Å². The highest BCUT2D eigenvalue weighted by Gasteiger charge is 2.53. The molecule has 1 heterocycles. The van der Waals surface area contributed by atoms with Crippen molar-refractivity contribution in [2.24, 2.45) is 0 Å². The second kappa shape index (κ2) is 14.6. The van der Waals surface area contributed by atoms with E-state index in [2.05, 4.69) is 5.32 Å². The highest BCUT2D eigenvalue weighted by Crippen LogP contribution is 2.30. The quantitative estimate of drug-likeness (QED) is 0.393. The summed E-state index contributed by atoms with van der Waals surface area (Å²) in [5.74, 6) is -1.58. The number of carbonyl (C=O) groups excluding carboxylic acids is 3. The maximum atomic E-state index is 13.8. The smallest absolute Gasteiger partial charge is 0.408 e. The zero-order valence-corrected chi connectivity index (χ0v) is 22.2. The van der Waals surface area contributed by atoms with E-state index in [1.165, 1.54) is 33.3 Å². The van der Waals surface area contributed by atoms with E-state index in [1.54, 1.807) is 0 Å². The number of likely N-dealkylation sites (tertiary alicyclic amines) is 1. The molecule has 0 spiro atoms. The van der Waals surface area contributed by atoms with Crippen LogP contribution in [0, 0.1) is 0 Å². The van der Waals surface area contributed by atoms with Gasteiger partial charge in [0.15, 0.2) is 0 Å². The molecule has 3 rings (SSSR count). The van der Waals surface area contributed by atoms with Crippen molar-refractivity contribution in [3.8, 4) is 0 Å². The Morgan fingerprint density at radius 1 is 0.789 bits per heavy atom. The molecule has 0 aromatic heterocycles. The fraction of sp³-hybridized carbons (Fsp3) is 0.464. The van der Waals surface area contributed by atoms with Crippen LogP contribution in [0.2, 0.25) is 0 Å². The number of hydrogen-bond donors (Lipinski definition) is 1. The summed E-state index contributed by atoms with van der Waals surface area (Å²) in [6.07, 6.45) is -1.80. The Balaban J connectivity index is 1.85. The van der Waals surface area contributed by atoms with Crippen LogP contribution in [-0.4, -0.2) is 94.7 Å². The standard InChI is InChI=1S/C28H36N2O8/c1-34-17-22-25(36-3)26(37-4)23(18-35-2)30(22)27(32)24(31)21(15-19-11-7-5-8-12-19)29-28(33)38-16-20-13-9-6-10-14-20/h5-14,21-23,25-26H,15-18H2,1-4H3,(H,29,33)/t21?,22-,23+,25-,26-/m1/s1. The van der Waals surface area contributed by atoms with Crippen molar-refractivity contribution in [3.05, 3.63) is 71.8 Å². The van der Waals surface area contributed by atoms with E-state index in [9.17, 15) is 14.4 Å². The second-order valence-corrected chi connectivity index (χ2v) is 8.97. The van der Waals surface area contributed by atoms with Crippen molar-refractivity contribution in [1.82, 2.24) is 10.2 Å². The molecule has 10 nitrogen and oxygen atoms in total. The third-order valence-electron chi connectivity index (χ3n) is 6.57. The molecule has 206 valence electrons. The first-order valence-corrected chi connectivity index (χ1v) is 12.4. The zero-order chi connectivity index (χ0) is 27.5. The molecule has 2 amide bonds. The van der Waals surface area contributed by atoms with E-state index in [0.29, 0.717) is 0 Å². The summed E-state index contributed by atoms with van der Waals surface area (Å²) in [6.45, 7) is 0.261. The average Bonchev–Trinajstić information content (AvgIpc) is 3.24. The van der Waals surface area contributed by atoms with Gasteiger partial charge in [-0.1, -0.05) is 60.7 Å². The van der Waals surface area contributed by atoms with Gasteiger partial charge in [-0.15, -0.1) is 0 Å². The molecule has 0 aliphatic carbocycles. The summed E-state index contributed by atoms with van der Waals surface area (Å²) in [7, 11) is 6.04.